The van der Waals surface area contributed by atoms with Gasteiger partial charge in [-0.1, -0.05) is 48.5 Å². The van der Waals surface area contributed by atoms with Crippen LogP contribution in [0.25, 0.3) is 11.3 Å². The highest BCUT2D eigenvalue weighted by Crippen LogP contribution is 2.37. The minimum atomic E-state index is -0.464. The predicted octanol–water partition coefficient (Wildman–Crippen LogP) is 6.28. The Bertz CT molecular complexity index is 1350. The molecule has 2 heterocycles. The van der Waals surface area contributed by atoms with Crippen LogP contribution in [0.4, 0.5) is 5.69 Å². The Hall–Kier alpha value is -2.88. The SMILES string of the molecule is O=[N+]([O-])c1cc2c(cc1C=Nn1c(-c3ccc(Cl)c(Cl)c3)csc1=NC1CCCCC1)OCO2. The van der Waals surface area contributed by atoms with Crippen LogP contribution in [0.2, 0.25) is 10.0 Å². The second-order valence-electron chi connectivity index (χ2n) is 8.03. The van der Waals surface area contributed by atoms with Gasteiger partial charge in [0.15, 0.2) is 11.5 Å². The first-order valence-electron chi connectivity index (χ1n) is 10.8. The van der Waals surface area contributed by atoms with Crippen molar-refractivity contribution in [2.24, 2.45) is 10.1 Å². The molecular weight excluding hydrogens is 499 g/mol. The molecule has 0 radical (unpaired) electrons. The van der Waals surface area contributed by atoms with Gasteiger partial charge in [-0.15, -0.1) is 11.3 Å². The highest BCUT2D eigenvalue weighted by Gasteiger charge is 2.23. The van der Waals surface area contributed by atoms with Gasteiger partial charge in [0.25, 0.3) is 5.69 Å². The van der Waals surface area contributed by atoms with Gasteiger partial charge in [-0.05, 0) is 31.0 Å². The van der Waals surface area contributed by atoms with Crippen molar-refractivity contribution in [3.63, 3.8) is 0 Å². The predicted molar refractivity (Wildman–Crippen MR) is 132 cm³/mol. The fourth-order valence-corrected chi connectivity index (χ4v) is 5.25. The molecule has 34 heavy (non-hydrogen) atoms. The fourth-order valence-electron chi connectivity index (χ4n) is 4.05. The van der Waals surface area contributed by atoms with E-state index >= 15 is 0 Å². The number of halogens is 2. The third-order valence-corrected chi connectivity index (χ3v) is 7.37. The van der Waals surface area contributed by atoms with Gasteiger partial charge in [0.1, 0.15) is 0 Å². The third kappa shape index (κ3) is 4.68. The molecule has 0 N–H and O–H groups in total. The summed E-state index contributed by atoms with van der Waals surface area (Å²) in [6.07, 6.45) is 7.08. The van der Waals surface area contributed by atoms with E-state index in [-0.39, 0.29) is 18.5 Å². The lowest BCUT2D eigenvalue weighted by Crippen LogP contribution is -2.19. The van der Waals surface area contributed by atoms with E-state index in [9.17, 15) is 10.1 Å². The third-order valence-electron chi connectivity index (χ3n) is 5.80. The number of hydrogen-bond acceptors (Lipinski definition) is 7. The molecule has 1 aromatic heterocycles. The number of rotatable bonds is 5. The number of thiazole rings is 1. The zero-order valence-corrected chi connectivity index (χ0v) is 20.3. The highest BCUT2D eigenvalue weighted by atomic mass is 35.5. The number of hydrogen-bond donors (Lipinski definition) is 0. The van der Waals surface area contributed by atoms with Gasteiger partial charge in [-0.2, -0.15) is 5.10 Å². The molecule has 1 fully saturated rings. The van der Waals surface area contributed by atoms with Crippen molar-refractivity contribution in [3.8, 4) is 22.8 Å². The molecule has 0 atom stereocenters. The quantitative estimate of drug-likeness (QED) is 0.226. The molecule has 2 aliphatic rings. The van der Waals surface area contributed by atoms with Gasteiger partial charge in [-0.3, -0.25) is 15.1 Å². The molecule has 8 nitrogen and oxygen atoms in total. The Morgan fingerprint density at radius 1 is 1.09 bits per heavy atom. The molecule has 3 aromatic rings. The highest BCUT2D eigenvalue weighted by molar-refractivity contribution is 7.07. The summed E-state index contributed by atoms with van der Waals surface area (Å²) >= 11 is 13.8. The zero-order valence-electron chi connectivity index (χ0n) is 17.9. The lowest BCUT2D eigenvalue weighted by atomic mass is 9.96. The summed E-state index contributed by atoms with van der Waals surface area (Å²) in [5, 5.41) is 19.1. The minimum absolute atomic E-state index is 0.0260. The van der Waals surface area contributed by atoms with Gasteiger partial charge in [0.2, 0.25) is 11.6 Å². The van der Waals surface area contributed by atoms with Crippen LogP contribution < -0.4 is 14.3 Å². The van der Waals surface area contributed by atoms with Crippen LogP contribution in [0.5, 0.6) is 11.5 Å². The van der Waals surface area contributed by atoms with Gasteiger partial charge >= 0.3 is 0 Å². The minimum Gasteiger partial charge on any atom is -0.454 e. The molecule has 1 saturated carbocycles. The fraction of sp³-hybridized carbons (Fsp3) is 0.304. The van der Waals surface area contributed by atoms with Gasteiger partial charge < -0.3 is 9.47 Å². The van der Waals surface area contributed by atoms with E-state index < -0.39 is 4.92 Å². The molecule has 1 aliphatic carbocycles. The van der Waals surface area contributed by atoms with Crippen molar-refractivity contribution in [1.29, 1.82) is 0 Å². The molecule has 11 heteroatoms. The number of nitro groups is 1. The standard InChI is InChI=1S/C23H20Cl2N4O4S/c24-17-7-6-14(8-18(17)25)20-12-34-23(27-16-4-2-1-3-5-16)28(20)26-11-15-9-21-22(33-13-32-21)10-19(15)29(30)31/h6-12,16H,1-5,13H2. The van der Waals surface area contributed by atoms with Crippen molar-refractivity contribution in [2.75, 3.05) is 6.79 Å². The zero-order chi connectivity index (χ0) is 23.7. The van der Waals surface area contributed by atoms with E-state index in [1.807, 2.05) is 11.4 Å². The van der Waals surface area contributed by atoms with E-state index in [4.69, 9.17) is 37.7 Å². The summed E-state index contributed by atoms with van der Waals surface area (Å²) in [7, 11) is 0. The molecule has 0 spiro atoms. The summed E-state index contributed by atoms with van der Waals surface area (Å²) in [5.41, 5.74) is 1.76. The summed E-state index contributed by atoms with van der Waals surface area (Å²) in [5.74, 6) is 0.788. The van der Waals surface area contributed by atoms with E-state index in [2.05, 4.69) is 5.10 Å². The molecule has 0 saturated heterocycles. The van der Waals surface area contributed by atoms with Crippen molar-refractivity contribution in [2.45, 2.75) is 38.1 Å². The number of fused-ring (bicyclic) bond motifs is 1. The molecular formula is C23H20Cl2N4O4S. The topological polar surface area (TPSA) is 91.2 Å². The second kappa shape index (κ2) is 9.77. The average molecular weight is 519 g/mol. The molecule has 5 rings (SSSR count). The summed E-state index contributed by atoms with van der Waals surface area (Å²) in [6.45, 7) is 0.0260. The Labute approximate surface area is 209 Å². The molecule has 176 valence electrons. The molecule has 0 amide bonds. The van der Waals surface area contributed by atoms with Crippen LogP contribution >= 0.6 is 34.5 Å². The van der Waals surface area contributed by atoms with E-state index in [0.717, 1.165) is 36.9 Å². The van der Waals surface area contributed by atoms with E-state index in [1.165, 1.54) is 30.0 Å². The maximum atomic E-state index is 11.7. The van der Waals surface area contributed by atoms with Crippen LogP contribution in [0.1, 0.15) is 37.7 Å². The van der Waals surface area contributed by atoms with Crippen LogP contribution in [0, 0.1) is 10.1 Å². The largest absolute Gasteiger partial charge is 0.454 e. The van der Waals surface area contributed by atoms with Crippen LogP contribution in [-0.2, 0) is 0 Å². The van der Waals surface area contributed by atoms with Crippen LogP contribution in [-0.4, -0.2) is 28.6 Å². The van der Waals surface area contributed by atoms with Crippen molar-refractivity contribution < 1.29 is 14.4 Å². The summed E-state index contributed by atoms with van der Waals surface area (Å²) < 4.78 is 12.4. The summed E-state index contributed by atoms with van der Waals surface area (Å²) in [4.78, 5) is 16.9. The Kier molecular flexibility index (Phi) is 6.58. The second-order valence-corrected chi connectivity index (χ2v) is 9.68. The lowest BCUT2D eigenvalue weighted by molar-refractivity contribution is -0.385. The van der Waals surface area contributed by atoms with E-state index in [1.54, 1.807) is 22.9 Å². The van der Waals surface area contributed by atoms with Gasteiger partial charge in [0, 0.05) is 10.9 Å². The normalized spacial score (nSPS) is 16.5. The Balaban J connectivity index is 1.61. The number of aromatic nitrogens is 1. The maximum absolute atomic E-state index is 11.7. The average Bonchev–Trinajstić information content (AvgIpc) is 3.46. The maximum Gasteiger partial charge on any atom is 0.282 e. The van der Waals surface area contributed by atoms with Crippen molar-refractivity contribution >= 4 is 46.4 Å². The van der Waals surface area contributed by atoms with E-state index in [0.29, 0.717) is 31.9 Å². The summed E-state index contributed by atoms with van der Waals surface area (Å²) in [6, 6.07) is 8.51. The first-order chi connectivity index (χ1) is 16.5. The first kappa shape index (κ1) is 22.9. The van der Waals surface area contributed by atoms with Crippen molar-refractivity contribution in [3.05, 3.63) is 66.2 Å². The van der Waals surface area contributed by atoms with Crippen LogP contribution in [0.15, 0.2) is 45.8 Å². The lowest BCUT2D eigenvalue weighted by Gasteiger charge is -2.16. The molecule has 2 aromatic carbocycles. The van der Waals surface area contributed by atoms with Crippen LogP contribution in [0.3, 0.4) is 0 Å². The van der Waals surface area contributed by atoms with Crippen molar-refractivity contribution in [1.82, 2.24) is 4.68 Å². The first-order valence-corrected chi connectivity index (χ1v) is 12.5. The molecule has 0 bridgehead atoms. The number of nitrogens with zero attached hydrogens (tertiary/aromatic N) is 4. The number of nitro benzene ring substituents is 1. The number of ether oxygens (including phenoxy) is 2. The van der Waals surface area contributed by atoms with Gasteiger partial charge in [0.05, 0.1) is 44.5 Å². The number of benzene rings is 2. The van der Waals surface area contributed by atoms with Gasteiger partial charge in [-0.25, -0.2) is 4.68 Å². The monoisotopic (exact) mass is 518 g/mol. The Morgan fingerprint density at radius 2 is 1.85 bits per heavy atom. The molecule has 1 aliphatic heterocycles. The Morgan fingerprint density at radius 3 is 2.59 bits per heavy atom. The molecule has 0 unspecified atom stereocenters. The smallest absolute Gasteiger partial charge is 0.282 e.